The van der Waals surface area contributed by atoms with Crippen LogP contribution in [0.1, 0.15) is 32.3 Å². The van der Waals surface area contributed by atoms with Gasteiger partial charge in [0.05, 0.1) is 9.82 Å². The maximum atomic E-state index is 12.8. The Morgan fingerprint density at radius 3 is 2.15 bits per heavy atom. The first kappa shape index (κ1) is 26.1. The van der Waals surface area contributed by atoms with Crippen LogP contribution in [-0.4, -0.2) is 41.8 Å². The van der Waals surface area contributed by atoms with E-state index in [0.717, 1.165) is 12.8 Å². The van der Waals surface area contributed by atoms with Crippen molar-refractivity contribution in [2.75, 3.05) is 18.4 Å². The molecule has 1 amide bonds. The maximum absolute atomic E-state index is 12.8. The molecule has 0 heterocycles. The summed E-state index contributed by atoms with van der Waals surface area (Å²) in [5.41, 5.74) is 1.10. The smallest absolute Gasteiger partial charge is 0.269 e. The second-order valence-electron chi connectivity index (χ2n) is 7.05. The molecule has 0 saturated carbocycles. The number of amides is 1. The summed E-state index contributed by atoms with van der Waals surface area (Å²) < 4.78 is 27.1. The van der Waals surface area contributed by atoms with Crippen LogP contribution in [0.3, 0.4) is 0 Å². The van der Waals surface area contributed by atoms with Crippen molar-refractivity contribution >= 4 is 50.7 Å². The first-order valence-electron chi connectivity index (χ1n) is 10.3. The molecule has 0 saturated heterocycles. The maximum Gasteiger partial charge on any atom is 0.269 e. The van der Waals surface area contributed by atoms with E-state index in [9.17, 15) is 23.3 Å². The van der Waals surface area contributed by atoms with Crippen LogP contribution in [-0.2, 0) is 14.8 Å². The van der Waals surface area contributed by atoms with Crippen molar-refractivity contribution in [2.24, 2.45) is 0 Å². The molecule has 0 aromatic heterocycles. The van der Waals surface area contributed by atoms with Crippen molar-refractivity contribution in [2.45, 2.75) is 31.6 Å². The van der Waals surface area contributed by atoms with E-state index >= 15 is 0 Å². The van der Waals surface area contributed by atoms with E-state index in [1.165, 1.54) is 52.9 Å². The minimum absolute atomic E-state index is 0.0377. The highest BCUT2D eigenvalue weighted by Gasteiger charge is 2.22. The van der Waals surface area contributed by atoms with Gasteiger partial charge in [0, 0.05) is 37.0 Å². The third-order valence-corrected chi connectivity index (χ3v) is 6.58. The fourth-order valence-corrected chi connectivity index (χ4v) is 4.75. The van der Waals surface area contributed by atoms with Gasteiger partial charge in [-0.05, 0) is 73.1 Å². The first-order valence-corrected chi connectivity index (χ1v) is 12.2. The average Bonchev–Trinajstić information content (AvgIpc) is 2.78. The van der Waals surface area contributed by atoms with E-state index in [-0.39, 0.29) is 15.7 Å². The third kappa shape index (κ3) is 7.74. The second-order valence-corrected chi connectivity index (χ2v) is 9.40. The lowest BCUT2D eigenvalue weighted by atomic mass is 10.2. The molecular formula is C22H26N4O5S2. The lowest BCUT2D eigenvalue weighted by molar-refractivity contribution is -0.384. The number of sulfonamides is 1. The summed E-state index contributed by atoms with van der Waals surface area (Å²) in [6.07, 6.45) is 4.21. The zero-order chi connectivity index (χ0) is 24.4. The van der Waals surface area contributed by atoms with Crippen LogP contribution in [0.2, 0.25) is 0 Å². The van der Waals surface area contributed by atoms with Crippen molar-refractivity contribution < 1.29 is 18.1 Å². The number of hydrogen-bond acceptors (Lipinski definition) is 6. The molecule has 0 aliphatic heterocycles. The van der Waals surface area contributed by atoms with E-state index in [4.69, 9.17) is 12.2 Å². The molecule has 0 spiro atoms. The Kier molecular flexibility index (Phi) is 9.64. The van der Waals surface area contributed by atoms with Crippen LogP contribution >= 0.6 is 12.2 Å². The standard InChI is InChI=1S/C22H26N4O5S2/c1-3-15-25(16-4-2)33(30,31)20-12-8-18(9-13-20)23-22(32)24-21(27)14-7-17-5-10-19(11-6-17)26(28)29/h5-14H,3-4,15-16H2,1-2H3,(H2,23,24,27,32)/b14-7+. The molecule has 11 heteroatoms. The Bertz CT molecular complexity index is 1110. The number of rotatable bonds is 10. The fraction of sp³-hybridized carbons (Fsp3) is 0.273. The number of hydrogen-bond donors (Lipinski definition) is 2. The van der Waals surface area contributed by atoms with Gasteiger partial charge in [0.25, 0.3) is 5.69 Å². The Hall–Kier alpha value is -3.15. The zero-order valence-corrected chi connectivity index (χ0v) is 20.0. The van der Waals surface area contributed by atoms with Gasteiger partial charge in [-0.1, -0.05) is 13.8 Å². The number of carbonyl (C=O) groups excluding carboxylic acids is 1. The molecule has 0 unspecified atom stereocenters. The highest BCUT2D eigenvalue weighted by molar-refractivity contribution is 7.89. The molecule has 9 nitrogen and oxygen atoms in total. The van der Waals surface area contributed by atoms with Gasteiger partial charge in [0.1, 0.15) is 0 Å². The van der Waals surface area contributed by atoms with E-state index in [2.05, 4.69) is 10.6 Å². The van der Waals surface area contributed by atoms with Gasteiger partial charge >= 0.3 is 0 Å². The first-order chi connectivity index (χ1) is 15.7. The lowest BCUT2D eigenvalue weighted by Gasteiger charge is -2.21. The van der Waals surface area contributed by atoms with E-state index in [1.54, 1.807) is 12.1 Å². The number of nitro benzene ring substituents is 1. The monoisotopic (exact) mass is 490 g/mol. The lowest BCUT2D eigenvalue weighted by Crippen LogP contribution is -2.33. The third-order valence-electron chi connectivity index (χ3n) is 4.46. The van der Waals surface area contributed by atoms with Gasteiger partial charge < -0.3 is 5.32 Å². The van der Waals surface area contributed by atoms with Gasteiger partial charge in [0.2, 0.25) is 15.9 Å². The number of carbonyl (C=O) groups is 1. The molecule has 2 aromatic rings. The Balaban J connectivity index is 1.95. The van der Waals surface area contributed by atoms with Crippen molar-refractivity contribution in [3.63, 3.8) is 0 Å². The Morgan fingerprint density at radius 2 is 1.64 bits per heavy atom. The normalized spacial score (nSPS) is 11.5. The van der Waals surface area contributed by atoms with Gasteiger partial charge in [-0.3, -0.25) is 20.2 Å². The highest BCUT2D eigenvalue weighted by atomic mass is 32.2. The van der Waals surface area contributed by atoms with E-state index in [1.807, 2.05) is 13.8 Å². The number of benzene rings is 2. The molecule has 0 aliphatic carbocycles. The SMILES string of the molecule is CCCN(CCC)S(=O)(=O)c1ccc(NC(=S)NC(=O)/C=C/c2ccc([N+](=O)[O-])cc2)cc1. The molecular weight excluding hydrogens is 464 g/mol. The Morgan fingerprint density at radius 1 is 1.06 bits per heavy atom. The fourth-order valence-electron chi connectivity index (χ4n) is 2.91. The highest BCUT2D eigenvalue weighted by Crippen LogP contribution is 2.19. The van der Waals surface area contributed by atoms with Gasteiger partial charge in [-0.15, -0.1) is 0 Å². The number of non-ortho nitro benzene ring substituents is 1. The predicted octanol–water partition coefficient (Wildman–Crippen LogP) is 3.93. The molecule has 0 radical (unpaired) electrons. The number of thiocarbonyl (C=S) groups is 1. The summed E-state index contributed by atoms with van der Waals surface area (Å²) >= 11 is 5.13. The average molecular weight is 491 g/mol. The molecule has 0 aliphatic rings. The molecule has 2 N–H and O–H groups in total. The number of anilines is 1. The van der Waals surface area contributed by atoms with Crippen molar-refractivity contribution in [1.29, 1.82) is 0 Å². The predicted molar refractivity (Wildman–Crippen MR) is 132 cm³/mol. The van der Waals surface area contributed by atoms with Crippen LogP contribution in [0.5, 0.6) is 0 Å². The quantitative estimate of drug-likeness (QED) is 0.224. The summed E-state index contributed by atoms with van der Waals surface area (Å²) in [5, 5.41) is 16.0. The van der Waals surface area contributed by atoms with Crippen molar-refractivity contribution in [1.82, 2.24) is 9.62 Å². The number of nitrogens with zero attached hydrogens (tertiary/aromatic N) is 2. The summed E-state index contributed by atoms with van der Waals surface area (Å²) in [7, 11) is -3.57. The van der Waals surface area contributed by atoms with Crippen LogP contribution in [0.15, 0.2) is 59.5 Å². The van der Waals surface area contributed by atoms with Crippen molar-refractivity contribution in [3.8, 4) is 0 Å². The minimum atomic E-state index is -3.57. The Labute approximate surface area is 198 Å². The summed E-state index contributed by atoms with van der Waals surface area (Å²) in [6, 6.07) is 11.9. The summed E-state index contributed by atoms with van der Waals surface area (Å²) in [5.74, 6) is -0.486. The molecule has 2 rings (SSSR count). The van der Waals surface area contributed by atoms with Crippen LogP contribution in [0.25, 0.3) is 6.08 Å². The van der Waals surface area contributed by atoms with Crippen LogP contribution < -0.4 is 10.6 Å². The minimum Gasteiger partial charge on any atom is -0.332 e. The summed E-state index contributed by atoms with van der Waals surface area (Å²) in [4.78, 5) is 22.4. The topological polar surface area (TPSA) is 122 Å². The zero-order valence-electron chi connectivity index (χ0n) is 18.4. The summed E-state index contributed by atoms with van der Waals surface area (Å²) in [6.45, 7) is 4.78. The van der Waals surface area contributed by atoms with E-state index < -0.39 is 20.9 Å². The molecule has 0 bridgehead atoms. The van der Waals surface area contributed by atoms with Gasteiger partial charge in [-0.25, -0.2) is 8.42 Å². The van der Waals surface area contributed by atoms with E-state index in [0.29, 0.717) is 24.3 Å². The number of nitro groups is 1. The van der Waals surface area contributed by atoms with Gasteiger partial charge in [0.15, 0.2) is 5.11 Å². The second kappa shape index (κ2) is 12.2. The van der Waals surface area contributed by atoms with Crippen molar-refractivity contribution in [3.05, 3.63) is 70.3 Å². The van der Waals surface area contributed by atoms with Crippen LogP contribution in [0.4, 0.5) is 11.4 Å². The molecule has 176 valence electrons. The molecule has 2 aromatic carbocycles. The molecule has 0 fully saturated rings. The molecule has 33 heavy (non-hydrogen) atoms. The van der Waals surface area contributed by atoms with Crippen LogP contribution in [0, 0.1) is 10.1 Å². The number of nitrogens with one attached hydrogen (secondary N) is 2. The van der Waals surface area contributed by atoms with Gasteiger partial charge in [-0.2, -0.15) is 4.31 Å². The molecule has 0 atom stereocenters. The largest absolute Gasteiger partial charge is 0.332 e.